The molecule has 0 spiro atoms. The molecule has 0 N–H and O–H groups in total. The molecule has 1 rings (SSSR count). The second kappa shape index (κ2) is 6.23. The van der Waals surface area contributed by atoms with Gasteiger partial charge in [0, 0.05) is 19.8 Å². The van der Waals surface area contributed by atoms with Crippen molar-refractivity contribution < 1.29 is 9.53 Å². The van der Waals surface area contributed by atoms with Crippen LogP contribution in [-0.4, -0.2) is 36.0 Å². The minimum absolute atomic E-state index is 0.0461. The van der Waals surface area contributed by atoms with Crippen LogP contribution in [0.3, 0.4) is 0 Å². The molecule has 4 nitrogen and oxygen atoms in total. The minimum Gasteiger partial charge on any atom is -0.477 e. The van der Waals surface area contributed by atoms with E-state index in [1.807, 2.05) is 6.92 Å². The first-order chi connectivity index (χ1) is 8.06. The monoisotopic (exact) mass is 236 g/mol. The Bertz CT molecular complexity index is 377. The number of carbonyl (C=O) groups excluding carboxylic acids is 1. The van der Waals surface area contributed by atoms with Gasteiger partial charge in [-0.2, -0.15) is 0 Å². The Labute approximate surface area is 103 Å². The van der Waals surface area contributed by atoms with Crippen LogP contribution in [0.4, 0.5) is 0 Å². The zero-order valence-electron chi connectivity index (χ0n) is 10.9. The molecular weight excluding hydrogens is 216 g/mol. The average molecular weight is 236 g/mol. The summed E-state index contributed by atoms with van der Waals surface area (Å²) in [6.07, 6.45) is 1.63. The zero-order valence-corrected chi connectivity index (χ0v) is 10.9. The van der Waals surface area contributed by atoms with Crippen molar-refractivity contribution in [2.45, 2.75) is 20.8 Å². The van der Waals surface area contributed by atoms with Gasteiger partial charge in [0.15, 0.2) is 0 Å². The average Bonchev–Trinajstić information content (AvgIpc) is 2.28. The summed E-state index contributed by atoms with van der Waals surface area (Å²) in [5.41, 5.74) is 0.525. The summed E-state index contributed by atoms with van der Waals surface area (Å²) in [6.45, 7) is 7.26. The number of pyridine rings is 1. The minimum atomic E-state index is -0.0461. The lowest BCUT2D eigenvalue weighted by molar-refractivity contribution is 0.0774. The molecule has 17 heavy (non-hydrogen) atoms. The number of hydrogen-bond donors (Lipinski definition) is 0. The standard InChI is InChI=1S/C13H20N2O2/c1-5-17-12-11(7-6-8-14-12)13(16)15(4)9-10(2)3/h6-8,10H,5,9H2,1-4H3. The van der Waals surface area contributed by atoms with Gasteiger partial charge in [0.1, 0.15) is 5.56 Å². The van der Waals surface area contributed by atoms with E-state index in [1.54, 1.807) is 30.3 Å². The molecule has 1 aromatic rings. The molecule has 0 saturated heterocycles. The highest BCUT2D eigenvalue weighted by molar-refractivity contribution is 5.96. The maximum atomic E-state index is 12.2. The zero-order chi connectivity index (χ0) is 12.8. The SMILES string of the molecule is CCOc1ncccc1C(=O)N(C)CC(C)C. The molecule has 0 aliphatic heterocycles. The number of ether oxygens (including phenoxy) is 1. The highest BCUT2D eigenvalue weighted by Crippen LogP contribution is 2.16. The van der Waals surface area contributed by atoms with Crippen LogP contribution in [0.1, 0.15) is 31.1 Å². The van der Waals surface area contributed by atoms with Crippen LogP contribution < -0.4 is 4.74 Å². The van der Waals surface area contributed by atoms with E-state index in [9.17, 15) is 4.79 Å². The summed E-state index contributed by atoms with van der Waals surface area (Å²) in [5, 5.41) is 0. The molecule has 1 aromatic heterocycles. The number of amides is 1. The van der Waals surface area contributed by atoms with Crippen molar-refractivity contribution in [3.05, 3.63) is 23.9 Å². The number of aromatic nitrogens is 1. The van der Waals surface area contributed by atoms with Crippen molar-refractivity contribution >= 4 is 5.91 Å². The third kappa shape index (κ3) is 3.73. The van der Waals surface area contributed by atoms with E-state index in [1.165, 1.54) is 0 Å². The summed E-state index contributed by atoms with van der Waals surface area (Å²) in [7, 11) is 1.80. The van der Waals surface area contributed by atoms with Crippen molar-refractivity contribution in [3.8, 4) is 5.88 Å². The topological polar surface area (TPSA) is 42.4 Å². The van der Waals surface area contributed by atoms with Crippen LogP contribution in [0.25, 0.3) is 0 Å². The molecular formula is C13H20N2O2. The predicted molar refractivity (Wildman–Crippen MR) is 67.2 cm³/mol. The Morgan fingerprint density at radius 2 is 2.24 bits per heavy atom. The first-order valence-corrected chi connectivity index (χ1v) is 5.89. The maximum absolute atomic E-state index is 12.2. The van der Waals surface area contributed by atoms with E-state index in [-0.39, 0.29) is 5.91 Å². The van der Waals surface area contributed by atoms with Crippen LogP contribution in [0.15, 0.2) is 18.3 Å². The van der Waals surface area contributed by atoms with Gasteiger partial charge in [0.2, 0.25) is 5.88 Å². The first kappa shape index (κ1) is 13.5. The van der Waals surface area contributed by atoms with E-state index >= 15 is 0 Å². The van der Waals surface area contributed by atoms with Crippen LogP contribution >= 0.6 is 0 Å². The lowest BCUT2D eigenvalue weighted by Gasteiger charge is -2.20. The molecule has 0 atom stereocenters. The molecule has 1 heterocycles. The van der Waals surface area contributed by atoms with Crippen molar-refractivity contribution in [2.75, 3.05) is 20.2 Å². The van der Waals surface area contributed by atoms with E-state index in [2.05, 4.69) is 18.8 Å². The van der Waals surface area contributed by atoms with Gasteiger partial charge in [-0.05, 0) is 25.0 Å². The molecule has 4 heteroatoms. The lowest BCUT2D eigenvalue weighted by Crippen LogP contribution is -2.30. The molecule has 94 valence electrons. The van der Waals surface area contributed by atoms with Gasteiger partial charge in [-0.25, -0.2) is 4.98 Å². The van der Waals surface area contributed by atoms with Gasteiger partial charge in [0.25, 0.3) is 5.91 Å². The molecule has 0 aliphatic rings. The number of nitrogens with zero attached hydrogens (tertiary/aromatic N) is 2. The van der Waals surface area contributed by atoms with Crippen molar-refractivity contribution in [3.63, 3.8) is 0 Å². The Kier molecular flexibility index (Phi) is 4.94. The first-order valence-electron chi connectivity index (χ1n) is 5.89. The summed E-state index contributed by atoms with van der Waals surface area (Å²) in [5.74, 6) is 0.807. The summed E-state index contributed by atoms with van der Waals surface area (Å²) < 4.78 is 5.35. The van der Waals surface area contributed by atoms with E-state index in [4.69, 9.17) is 4.74 Å². The van der Waals surface area contributed by atoms with Gasteiger partial charge >= 0.3 is 0 Å². The Balaban J connectivity index is 2.87. The highest BCUT2D eigenvalue weighted by atomic mass is 16.5. The van der Waals surface area contributed by atoms with Crippen LogP contribution in [-0.2, 0) is 0 Å². The summed E-state index contributed by atoms with van der Waals surface area (Å²) in [4.78, 5) is 18.0. The van der Waals surface area contributed by atoms with Crippen LogP contribution in [0.5, 0.6) is 5.88 Å². The van der Waals surface area contributed by atoms with Gasteiger partial charge < -0.3 is 9.64 Å². The Morgan fingerprint density at radius 1 is 1.53 bits per heavy atom. The fourth-order valence-electron chi connectivity index (χ4n) is 1.64. The smallest absolute Gasteiger partial charge is 0.259 e. The largest absolute Gasteiger partial charge is 0.477 e. The quantitative estimate of drug-likeness (QED) is 0.787. The normalized spacial score (nSPS) is 10.4. The van der Waals surface area contributed by atoms with Gasteiger partial charge in [0.05, 0.1) is 6.61 Å². The van der Waals surface area contributed by atoms with Gasteiger partial charge in [-0.3, -0.25) is 4.79 Å². The fraction of sp³-hybridized carbons (Fsp3) is 0.538. The van der Waals surface area contributed by atoms with Gasteiger partial charge in [-0.15, -0.1) is 0 Å². The second-order valence-electron chi connectivity index (χ2n) is 4.37. The predicted octanol–water partition coefficient (Wildman–Crippen LogP) is 2.21. The molecule has 0 aromatic carbocycles. The number of carbonyl (C=O) groups is 1. The fourth-order valence-corrected chi connectivity index (χ4v) is 1.64. The van der Waals surface area contributed by atoms with E-state index in [0.29, 0.717) is 24.0 Å². The summed E-state index contributed by atoms with van der Waals surface area (Å²) in [6, 6.07) is 3.50. The number of hydrogen-bond acceptors (Lipinski definition) is 3. The second-order valence-corrected chi connectivity index (χ2v) is 4.37. The molecule has 0 aliphatic carbocycles. The Hall–Kier alpha value is -1.58. The van der Waals surface area contributed by atoms with Crippen molar-refractivity contribution in [1.29, 1.82) is 0 Å². The maximum Gasteiger partial charge on any atom is 0.259 e. The van der Waals surface area contributed by atoms with Crippen molar-refractivity contribution in [1.82, 2.24) is 9.88 Å². The van der Waals surface area contributed by atoms with E-state index < -0.39 is 0 Å². The summed E-state index contributed by atoms with van der Waals surface area (Å²) >= 11 is 0. The molecule has 0 fully saturated rings. The Morgan fingerprint density at radius 3 is 2.82 bits per heavy atom. The van der Waals surface area contributed by atoms with Crippen molar-refractivity contribution in [2.24, 2.45) is 5.92 Å². The van der Waals surface area contributed by atoms with Crippen LogP contribution in [0.2, 0.25) is 0 Å². The molecule has 0 unspecified atom stereocenters. The molecule has 0 bridgehead atoms. The number of rotatable bonds is 5. The van der Waals surface area contributed by atoms with E-state index in [0.717, 1.165) is 6.54 Å². The highest BCUT2D eigenvalue weighted by Gasteiger charge is 2.17. The third-order valence-electron chi connectivity index (χ3n) is 2.27. The third-order valence-corrected chi connectivity index (χ3v) is 2.27. The lowest BCUT2D eigenvalue weighted by atomic mass is 10.2. The molecule has 0 saturated carbocycles. The molecule has 0 radical (unpaired) electrons. The molecule has 1 amide bonds. The van der Waals surface area contributed by atoms with Crippen LogP contribution in [0, 0.1) is 5.92 Å². The van der Waals surface area contributed by atoms with Gasteiger partial charge in [-0.1, -0.05) is 13.8 Å².